The third kappa shape index (κ3) is 4.94. The van der Waals surface area contributed by atoms with Crippen LogP contribution in [-0.2, 0) is 14.6 Å². The molecule has 0 radical (unpaired) electrons. The molecular formula is C28H50O4S. The van der Waals surface area contributed by atoms with E-state index >= 15 is 0 Å². The van der Waals surface area contributed by atoms with E-state index in [2.05, 4.69) is 27.7 Å². The largest absolute Gasteiger partial charge is 0.397 e. The van der Waals surface area contributed by atoms with Crippen LogP contribution >= 0.6 is 0 Å². The van der Waals surface area contributed by atoms with Gasteiger partial charge < -0.3 is 0 Å². The molecule has 4 aliphatic carbocycles. The molecule has 0 bridgehead atoms. The second kappa shape index (κ2) is 9.39. The molecule has 4 fully saturated rings. The predicted molar refractivity (Wildman–Crippen MR) is 134 cm³/mol. The molecule has 33 heavy (non-hydrogen) atoms. The Morgan fingerprint density at radius 2 is 1.58 bits per heavy atom. The molecule has 4 saturated carbocycles. The molecule has 192 valence electrons. The topological polar surface area (TPSA) is 63.6 Å². The van der Waals surface area contributed by atoms with Crippen molar-refractivity contribution in [3.63, 3.8) is 0 Å². The highest BCUT2D eigenvalue weighted by Gasteiger charge is 2.60. The summed E-state index contributed by atoms with van der Waals surface area (Å²) in [6.07, 6.45) is 14.0. The molecule has 0 aliphatic heterocycles. The number of rotatable bonds is 7. The highest BCUT2D eigenvalue weighted by atomic mass is 32.3. The molecule has 4 aliphatic rings. The van der Waals surface area contributed by atoms with Gasteiger partial charge in [-0.2, -0.15) is 8.42 Å². The third-order valence-electron chi connectivity index (χ3n) is 11.6. The lowest BCUT2D eigenvalue weighted by molar-refractivity contribution is -0.120. The van der Waals surface area contributed by atoms with E-state index in [9.17, 15) is 13.0 Å². The van der Waals surface area contributed by atoms with E-state index in [4.69, 9.17) is 4.18 Å². The Bertz CT molecular complexity index is 794. The van der Waals surface area contributed by atoms with Gasteiger partial charge in [0.1, 0.15) is 0 Å². The first-order valence-corrected chi connectivity index (χ1v) is 15.4. The number of fused-ring (bicyclic) bond motifs is 5. The van der Waals surface area contributed by atoms with E-state index in [0.29, 0.717) is 23.2 Å². The van der Waals surface area contributed by atoms with Crippen molar-refractivity contribution < 1.29 is 17.2 Å². The second-order valence-electron chi connectivity index (χ2n) is 13.6. The van der Waals surface area contributed by atoms with Gasteiger partial charge in [-0.25, -0.2) is 4.18 Å². The predicted octanol–water partition coefficient (Wildman–Crippen LogP) is 7.54. The van der Waals surface area contributed by atoms with E-state index in [1.807, 2.05) is 13.8 Å². The van der Waals surface area contributed by atoms with Gasteiger partial charge in [-0.15, -0.1) is 0 Å². The highest BCUT2D eigenvalue weighted by molar-refractivity contribution is 7.80. The van der Waals surface area contributed by atoms with Crippen LogP contribution in [0.5, 0.6) is 0 Å². The molecule has 0 amide bonds. The molecule has 0 aromatic carbocycles. The minimum Gasteiger partial charge on any atom is -0.264 e. The Hall–Kier alpha value is -0.130. The van der Waals surface area contributed by atoms with Gasteiger partial charge in [0.25, 0.3) is 0 Å². The van der Waals surface area contributed by atoms with E-state index in [0.717, 1.165) is 41.9 Å². The van der Waals surface area contributed by atoms with Crippen LogP contribution in [0.2, 0.25) is 0 Å². The van der Waals surface area contributed by atoms with Crippen molar-refractivity contribution in [2.45, 2.75) is 118 Å². The molecular weight excluding hydrogens is 432 g/mol. The molecule has 0 saturated heterocycles. The molecule has 9 unspecified atom stereocenters. The fraction of sp³-hybridized carbons (Fsp3) is 1.00. The van der Waals surface area contributed by atoms with Gasteiger partial charge in [0.15, 0.2) is 0 Å². The van der Waals surface area contributed by atoms with Crippen LogP contribution in [-0.4, -0.2) is 19.1 Å². The van der Waals surface area contributed by atoms with Gasteiger partial charge >= 0.3 is 10.4 Å². The maximum atomic E-state index is 11.3. The minimum absolute atomic E-state index is 0.0654. The Labute approximate surface area is 204 Å². The average Bonchev–Trinajstić information content (AvgIpc) is 3.07. The van der Waals surface area contributed by atoms with Crippen LogP contribution in [0, 0.1) is 58.2 Å². The van der Waals surface area contributed by atoms with Crippen LogP contribution in [0.15, 0.2) is 0 Å². The number of hydrogen-bond donors (Lipinski definition) is 1. The van der Waals surface area contributed by atoms with Crippen LogP contribution in [0.25, 0.3) is 0 Å². The van der Waals surface area contributed by atoms with E-state index in [-0.39, 0.29) is 5.92 Å². The average molecular weight is 483 g/mol. The van der Waals surface area contributed by atoms with Gasteiger partial charge in [-0.05, 0) is 122 Å². The molecule has 1 N–H and O–H groups in total. The van der Waals surface area contributed by atoms with Crippen LogP contribution in [0.4, 0.5) is 0 Å². The summed E-state index contributed by atoms with van der Waals surface area (Å²) in [4.78, 5) is 0. The van der Waals surface area contributed by atoms with Gasteiger partial charge in [-0.3, -0.25) is 4.55 Å². The standard InChI is InChI=1S/C28H50O4S/c1-18(2)26(32-33(29,30)31)12-7-20(4)23-10-11-24-22-9-8-21-17-19(3)13-15-27(21,5)25(22)14-16-28(23,24)6/h18-26H,7-17H2,1-6H3,(H,29,30,31)/t19?,20-,21?,22?,23?,24?,25?,26?,27?,28?/m1/s1. The molecule has 0 aromatic heterocycles. The van der Waals surface area contributed by atoms with E-state index in [1.165, 1.54) is 57.8 Å². The first-order chi connectivity index (χ1) is 15.3. The fourth-order valence-electron chi connectivity index (χ4n) is 9.72. The maximum Gasteiger partial charge on any atom is 0.397 e. The first-order valence-electron chi connectivity index (χ1n) is 14.0. The third-order valence-corrected chi connectivity index (χ3v) is 12.1. The van der Waals surface area contributed by atoms with Gasteiger partial charge in [0, 0.05) is 0 Å². The van der Waals surface area contributed by atoms with E-state index < -0.39 is 16.5 Å². The summed E-state index contributed by atoms with van der Waals surface area (Å²) >= 11 is 0. The molecule has 4 rings (SSSR count). The lowest BCUT2D eigenvalue weighted by Crippen LogP contribution is -2.53. The van der Waals surface area contributed by atoms with Crippen molar-refractivity contribution in [2.24, 2.45) is 58.2 Å². The van der Waals surface area contributed by atoms with Crippen molar-refractivity contribution >= 4 is 10.4 Å². The molecule has 0 aromatic rings. The quantitative estimate of drug-likeness (QED) is 0.381. The Morgan fingerprint density at radius 1 is 0.909 bits per heavy atom. The Balaban J connectivity index is 1.43. The fourth-order valence-corrected chi connectivity index (χ4v) is 10.4. The number of hydrogen-bond acceptors (Lipinski definition) is 3. The smallest absolute Gasteiger partial charge is 0.264 e. The van der Waals surface area contributed by atoms with Crippen molar-refractivity contribution in [1.82, 2.24) is 0 Å². The Kier molecular flexibility index (Phi) is 7.38. The summed E-state index contributed by atoms with van der Waals surface area (Å²) in [5.74, 6) is 5.95. The second-order valence-corrected chi connectivity index (χ2v) is 14.7. The molecule has 5 heteroatoms. The van der Waals surface area contributed by atoms with Crippen LogP contribution in [0.3, 0.4) is 0 Å². The summed E-state index contributed by atoms with van der Waals surface area (Å²) in [7, 11) is -4.40. The summed E-state index contributed by atoms with van der Waals surface area (Å²) in [6, 6.07) is 0. The van der Waals surface area contributed by atoms with Gasteiger partial charge in [0.2, 0.25) is 0 Å². The SMILES string of the molecule is CC1CCC2(C)C(CCC3C2CCC2(C)C3CCC2[C@H](C)CCC(OS(=O)(=O)O)C(C)C)C1. The van der Waals surface area contributed by atoms with Crippen LogP contribution in [0.1, 0.15) is 112 Å². The highest BCUT2D eigenvalue weighted by Crippen LogP contribution is 2.68. The summed E-state index contributed by atoms with van der Waals surface area (Å²) < 4.78 is 36.8. The first kappa shape index (κ1) is 25.9. The lowest BCUT2D eigenvalue weighted by Gasteiger charge is -2.61. The van der Waals surface area contributed by atoms with Crippen molar-refractivity contribution in [1.29, 1.82) is 0 Å². The van der Waals surface area contributed by atoms with Crippen molar-refractivity contribution in [3.05, 3.63) is 0 Å². The Morgan fingerprint density at radius 3 is 2.24 bits per heavy atom. The minimum atomic E-state index is -4.40. The summed E-state index contributed by atoms with van der Waals surface area (Å²) in [5.41, 5.74) is 1.01. The summed E-state index contributed by atoms with van der Waals surface area (Å²) in [5, 5.41) is 0. The molecule has 4 nitrogen and oxygen atoms in total. The van der Waals surface area contributed by atoms with Crippen molar-refractivity contribution in [3.8, 4) is 0 Å². The van der Waals surface area contributed by atoms with Gasteiger partial charge in [0.05, 0.1) is 6.10 Å². The van der Waals surface area contributed by atoms with Crippen LogP contribution < -0.4 is 0 Å². The van der Waals surface area contributed by atoms with Gasteiger partial charge in [-0.1, -0.05) is 48.0 Å². The van der Waals surface area contributed by atoms with E-state index in [1.54, 1.807) is 0 Å². The molecule has 0 heterocycles. The normalized spacial score (nSPS) is 45.2. The zero-order chi connectivity index (χ0) is 24.2. The molecule has 0 spiro atoms. The molecule has 10 atom stereocenters. The summed E-state index contributed by atoms with van der Waals surface area (Å²) in [6.45, 7) is 14.1. The lowest BCUT2D eigenvalue weighted by atomic mass is 9.44. The zero-order valence-electron chi connectivity index (χ0n) is 22.1. The zero-order valence-corrected chi connectivity index (χ0v) is 22.9. The maximum absolute atomic E-state index is 11.3. The monoisotopic (exact) mass is 482 g/mol. The van der Waals surface area contributed by atoms with Crippen molar-refractivity contribution in [2.75, 3.05) is 0 Å².